The number of aliphatic hydroxyl groups excluding tert-OH is 1. The second-order valence-electron chi connectivity index (χ2n) is 5.56. The SMILES string of the molecule is CS(=O)(=O)CC(O)C1CCOC2(CCSCC2)C1. The number of rotatable bonds is 3. The quantitative estimate of drug-likeness (QED) is 0.844. The Balaban J connectivity index is 1.97. The highest BCUT2D eigenvalue weighted by Gasteiger charge is 2.41. The minimum absolute atomic E-state index is 0.0663. The Hall–Kier alpha value is 0.220. The molecular formula is C12H22O4S2. The number of hydrogen-bond acceptors (Lipinski definition) is 5. The Kier molecular flexibility index (Phi) is 4.62. The van der Waals surface area contributed by atoms with Gasteiger partial charge in [0.1, 0.15) is 9.84 Å². The van der Waals surface area contributed by atoms with E-state index in [1.165, 1.54) is 6.26 Å². The van der Waals surface area contributed by atoms with Crippen LogP contribution in [-0.4, -0.2) is 55.4 Å². The zero-order chi connectivity index (χ0) is 13.2. The molecule has 0 saturated carbocycles. The normalized spacial score (nSPS) is 30.2. The predicted molar refractivity (Wildman–Crippen MR) is 73.7 cm³/mol. The van der Waals surface area contributed by atoms with Crippen LogP contribution >= 0.6 is 11.8 Å². The molecule has 0 aliphatic carbocycles. The van der Waals surface area contributed by atoms with E-state index in [4.69, 9.17) is 4.74 Å². The molecule has 2 aliphatic rings. The molecule has 1 N–H and O–H groups in total. The Morgan fingerprint density at radius 1 is 1.44 bits per heavy atom. The summed E-state index contributed by atoms with van der Waals surface area (Å²) in [7, 11) is -3.11. The fraction of sp³-hybridized carbons (Fsp3) is 1.00. The molecule has 6 heteroatoms. The Labute approximate surface area is 113 Å². The minimum atomic E-state index is -3.11. The van der Waals surface area contributed by atoms with Crippen molar-refractivity contribution in [1.82, 2.24) is 0 Å². The lowest BCUT2D eigenvalue weighted by atomic mass is 9.80. The first kappa shape index (κ1) is 14.6. The molecule has 0 bridgehead atoms. The fourth-order valence-corrected chi connectivity index (χ4v) is 5.06. The van der Waals surface area contributed by atoms with Crippen molar-refractivity contribution < 1.29 is 18.3 Å². The van der Waals surface area contributed by atoms with Crippen LogP contribution in [0.3, 0.4) is 0 Å². The van der Waals surface area contributed by atoms with Gasteiger partial charge in [0.05, 0.1) is 17.5 Å². The molecule has 2 unspecified atom stereocenters. The van der Waals surface area contributed by atoms with Crippen molar-refractivity contribution in [1.29, 1.82) is 0 Å². The van der Waals surface area contributed by atoms with E-state index in [-0.39, 0.29) is 17.3 Å². The summed E-state index contributed by atoms with van der Waals surface area (Å²) in [4.78, 5) is 0. The van der Waals surface area contributed by atoms with Crippen molar-refractivity contribution in [2.45, 2.75) is 37.4 Å². The molecule has 4 nitrogen and oxygen atoms in total. The molecule has 2 rings (SSSR count). The maximum Gasteiger partial charge on any atom is 0.150 e. The summed E-state index contributed by atoms with van der Waals surface area (Å²) >= 11 is 1.94. The van der Waals surface area contributed by atoms with Crippen LogP contribution in [0.5, 0.6) is 0 Å². The van der Waals surface area contributed by atoms with Crippen LogP contribution in [0.25, 0.3) is 0 Å². The number of aliphatic hydroxyl groups is 1. The summed E-state index contributed by atoms with van der Waals surface area (Å²) in [5.41, 5.74) is -0.0906. The zero-order valence-corrected chi connectivity index (χ0v) is 12.4. The van der Waals surface area contributed by atoms with Crippen LogP contribution in [0.1, 0.15) is 25.7 Å². The van der Waals surface area contributed by atoms with Crippen molar-refractivity contribution in [2.24, 2.45) is 5.92 Å². The van der Waals surface area contributed by atoms with E-state index in [1.807, 2.05) is 11.8 Å². The maximum absolute atomic E-state index is 11.3. The first-order valence-corrected chi connectivity index (χ1v) is 9.69. The van der Waals surface area contributed by atoms with Crippen molar-refractivity contribution in [3.05, 3.63) is 0 Å². The molecule has 2 saturated heterocycles. The van der Waals surface area contributed by atoms with Crippen LogP contribution in [0.4, 0.5) is 0 Å². The molecule has 106 valence electrons. The molecule has 0 amide bonds. The van der Waals surface area contributed by atoms with Gasteiger partial charge >= 0.3 is 0 Å². The van der Waals surface area contributed by atoms with Gasteiger partial charge in [-0.1, -0.05) is 0 Å². The van der Waals surface area contributed by atoms with Gasteiger partial charge < -0.3 is 9.84 Å². The van der Waals surface area contributed by atoms with Crippen LogP contribution in [0, 0.1) is 5.92 Å². The molecule has 0 aromatic heterocycles. The Bertz CT molecular complexity index is 368. The molecule has 2 aliphatic heterocycles. The first-order valence-electron chi connectivity index (χ1n) is 6.48. The summed E-state index contributed by atoms with van der Waals surface area (Å²) in [5, 5.41) is 10.1. The molecule has 2 heterocycles. The van der Waals surface area contributed by atoms with E-state index < -0.39 is 15.9 Å². The van der Waals surface area contributed by atoms with Gasteiger partial charge in [0.25, 0.3) is 0 Å². The van der Waals surface area contributed by atoms with E-state index in [2.05, 4.69) is 0 Å². The van der Waals surface area contributed by atoms with Gasteiger partial charge in [-0.2, -0.15) is 11.8 Å². The molecule has 18 heavy (non-hydrogen) atoms. The van der Waals surface area contributed by atoms with Gasteiger partial charge in [0, 0.05) is 12.9 Å². The van der Waals surface area contributed by atoms with Crippen LogP contribution < -0.4 is 0 Å². The smallest absolute Gasteiger partial charge is 0.150 e. The number of hydrogen-bond donors (Lipinski definition) is 1. The lowest BCUT2D eigenvalue weighted by Gasteiger charge is -2.44. The number of thioether (sulfide) groups is 1. The summed E-state index contributed by atoms with van der Waals surface area (Å²) in [5.74, 6) is 2.16. The van der Waals surface area contributed by atoms with Crippen molar-refractivity contribution in [3.8, 4) is 0 Å². The van der Waals surface area contributed by atoms with Gasteiger partial charge in [-0.25, -0.2) is 8.42 Å². The summed E-state index contributed by atoms with van der Waals surface area (Å²) in [6.07, 6.45) is 4.08. The topological polar surface area (TPSA) is 63.6 Å². The van der Waals surface area contributed by atoms with Crippen molar-refractivity contribution >= 4 is 21.6 Å². The van der Waals surface area contributed by atoms with E-state index >= 15 is 0 Å². The second-order valence-corrected chi connectivity index (χ2v) is 8.97. The van der Waals surface area contributed by atoms with Crippen LogP contribution in [0.2, 0.25) is 0 Å². The maximum atomic E-state index is 11.3. The monoisotopic (exact) mass is 294 g/mol. The largest absolute Gasteiger partial charge is 0.392 e. The molecule has 2 atom stereocenters. The van der Waals surface area contributed by atoms with Crippen molar-refractivity contribution in [3.63, 3.8) is 0 Å². The third-order valence-electron chi connectivity index (χ3n) is 3.95. The summed E-state index contributed by atoms with van der Waals surface area (Å²) in [6, 6.07) is 0. The van der Waals surface area contributed by atoms with Gasteiger partial charge in [0.2, 0.25) is 0 Å². The van der Waals surface area contributed by atoms with Crippen molar-refractivity contribution in [2.75, 3.05) is 30.1 Å². The molecular weight excluding hydrogens is 272 g/mol. The highest BCUT2D eigenvalue weighted by molar-refractivity contribution is 7.99. The first-order chi connectivity index (χ1) is 8.40. The molecule has 2 fully saturated rings. The zero-order valence-electron chi connectivity index (χ0n) is 10.8. The molecule has 0 aromatic rings. The highest BCUT2D eigenvalue weighted by atomic mass is 32.2. The standard InChI is InChI=1S/C12H22O4S2/c1-18(14,15)9-11(13)10-2-5-16-12(8-10)3-6-17-7-4-12/h10-11,13H,2-9H2,1H3. The summed E-state index contributed by atoms with van der Waals surface area (Å²) < 4.78 is 28.5. The van der Waals surface area contributed by atoms with E-state index in [9.17, 15) is 13.5 Å². The van der Waals surface area contributed by atoms with Gasteiger partial charge in [-0.3, -0.25) is 0 Å². The predicted octanol–water partition coefficient (Wildman–Crippen LogP) is 1.08. The minimum Gasteiger partial charge on any atom is -0.392 e. The van der Waals surface area contributed by atoms with E-state index in [0.717, 1.165) is 37.2 Å². The lowest BCUT2D eigenvalue weighted by molar-refractivity contribution is -0.118. The van der Waals surface area contributed by atoms with Gasteiger partial charge in [-0.05, 0) is 43.1 Å². The fourth-order valence-electron chi connectivity index (χ4n) is 2.93. The molecule has 0 aromatic carbocycles. The summed E-state index contributed by atoms with van der Waals surface area (Å²) in [6.45, 7) is 0.649. The van der Waals surface area contributed by atoms with Crippen LogP contribution in [-0.2, 0) is 14.6 Å². The second kappa shape index (κ2) is 5.69. The highest BCUT2D eigenvalue weighted by Crippen LogP contribution is 2.40. The number of sulfone groups is 1. The van der Waals surface area contributed by atoms with Crippen LogP contribution in [0.15, 0.2) is 0 Å². The average molecular weight is 294 g/mol. The average Bonchev–Trinajstić information content (AvgIpc) is 2.28. The third kappa shape index (κ3) is 3.85. The van der Waals surface area contributed by atoms with E-state index in [0.29, 0.717) is 6.61 Å². The third-order valence-corrected chi connectivity index (χ3v) is 5.89. The Morgan fingerprint density at radius 3 is 2.72 bits per heavy atom. The Morgan fingerprint density at radius 2 is 2.11 bits per heavy atom. The number of ether oxygens (including phenoxy) is 1. The van der Waals surface area contributed by atoms with Gasteiger partial charge in [0.15, 0.2) is 0 Å². The molecule has 0 radical (unpaired) electrons. The molecule has 1 spiro atoms. The van der Waals surface area contributed by atoms with E-state index in [1.54, 1.807) is 0 Å². The lowest BCUT2D eigenvalue weighted by Crippen LogP contribution is -2.46. The van der Waals surface area contributed by atoms with Gasteiger partial charge in [-0.15, -0.1) is 0 Å².